The molecule has 119 heavy (non-hydrogen) atoms. The van der Waals surface area contributed by atoms with Crippen LogP contribution >= 0.6 is 0 Å². The number of rotatable bonds is 21. The number of nitrogens with one attached hydrogen (secondary N) is 7. The zero-order valence-electron chi connectivity index (χ0n) is 66.9. The molecule has 7 N–H and O–H groups in total. The van der Waals surface area contributed by atoms with Crippen molar-refractivity contribution in [2.45, 2.75) is 97.4 Å². The van der Waals surface area contributed by atoms with Gasteiger partial charge in [0.1, 0.15) is 56.7 Å². The summed E-state index contributed by atoms with van der Waals surface area (Å²) in [6.45, 7) is 5.14. The molecule has 17 aromatic rings. The lowest BCUT2D eigenvalue weighted by molar-refractivity contribution is 0.0586. The standard InChI is InChI=1S/C21H20N2O2.2C19H17N3O2.C18H16N4O2.C16H18N4O2/c1-13-8-16-4-3-5-17(16)10-15(13)7-6-14-9-18-11-19(21(24)25-2)23-20(18)22-12-14;1-24-19(23)17-10-15-8-13(11-21-18(15)22-17)3-2-12-4-5-14-6-7-20-16(14)9-12;1-24-19(23)17-9-15-8-13(11-21-18(15)22-17)6-5-12-7-14-3-2-4-16(14)20-10-12;1-24-18(23)16-8-13-6-12(9-19-17(13)22-16)3-2-11-4-5-14-15(7-11)21-10-20-14;1-3-20-13(6-7-18-20)5-4-11-8-12-9-14(16(21)22-2)19-15(12)17-10-11/h3,5,8-12H,4,6-7H2,1-2H3,(H,22,23);4-11,20H,2-3H2,1H3,(H,21,22);2-3,7-11H,4-6H2,1H3,(H,21,22);4-10H,2-3H2,1H3,(H,19,22)(H,20,21);6-10H,3-5H2,1-2H3,(H,17,19). The molecule has 0 saturated carbocycles. The summed E-state index contributed by atoms with van der Waals surface area (Å²) in [5.74, 6) is -1.91. The van der Waals surface area contributed by atoms with Gasteiger partial charge in [-0.05, 0) is 259 Å². The molecule has 0 spiro atoms. The first kappa shape index (κ1) is 79.5. The summed E-state index contributed by atoms with van der Waals surface area (Å²) in [5.41, 5.74) is 27.4. The molecule has 0 aliphatic heterocycles. The van der Waals surface area contributed by atoms with Crippen molar-refractivity contribution >= 4 is 119 Å². The Morgan fingerprint density at radius 3 is 1.26 bits per heavy atom. The van der Waals surface area contributed by atoms with Crippen molar-refractivity contribution in [1.29, 1.82) is 0 Å². The maximum absolute atomic E-state index is 11.6. The number of carbonyl (C=O) groups is 5. The molecule has 3 aromatic carbocycles. The van der Waals surface area contributed by atoms with Gasteiger partial charge in [-0.15, -0.1) is 0 Å². The Balaban J connectivity index is 0.000000116. The van der Waals surface area contributed by atoms with Crippen LogP contribution in [0.2, 0.25) is 0 Å². The fourth-order valence-electron chi connectivity index (χ4n) is 14.8. The average Bonchev–Trinajstić information content (AvgIpc) is 1.64. The van der Waals surface area contributed by atoms with E-state index in [2.05, 4.69) is 198 Å². The molecule has 2 aliphatic rings. The zero-order valence-corrected chi connectivity index (χ0v) is 66.9. The molecule has 2 aliphatic carbocycles. The SMILES string of the molecule is CCn1nccc1CCc1cnc2[nH]c(C(=O)OC)cc2c1.COC(=O)c1cc2cc(CCc3cc4c(cc3C)CC=C4)cnc2[nH]1.COC(=O)c1cc2cc(CCc3ccc4cc[nH]c4c3)cnc2[nH]1.COC(=O)c1cc2cc(CCc3ccc4nc[nH]c4c3)cnc2[nH]1.COC(=O)c1cc2cc(CCc3cnc4c(c3)C=CC4)cnc2[nH]1. The van der Waals surface area contributed by atoms with Crippen LogP contribution in [-0.4, -0.2) is 145 Å². The van der Waals surface area contributed by atoms with Gasteiger partial charge in [-0.25, -0.2) is 53.9 Å². The number of fused-ring (bicyclic) bond motifs is 9. The van der Waals surface area contributed by atoms with E-state index < -0.39 is 0 Å². The van der Waals surface area contributed by atoms with E-state index >= 15 is 0 Å². The fourth-order valence-corrected chi connectivity index (χ4v) is 14.8. The van der Waals surface area contributed by atoms with E-state index in [-0.39, 0.29) is 29.8 Å². The van der Waals surface area contributed by atoms with Crippen LogP contribution in [0.25, 0.3) is 89.3 Å². The van der Waals surface area contributed by atoms with E-state index in [1.54, 1.807) is 36.7 Å². The lowest BCUT2D eigenvalue weighted by atomic mass is 9.96. The number of pyridine rings is 6. The second kappa shape index (κ2) is 36.4. The highest BCUT2D eigenvalue weighted by molar-refractivity contribution is 5.97. The molecule has 0 amide bonds. The molecule has 26 nitrogen and oxygen atoms in total. The number of ether oxygens (including phenoxy) is 5. The van der Waals surface area contributed by atoms with Crippen molar-refractivity contribution in [3.05, 3.63) is 308 Å². The van der Waals surface area contributed by atoms with Gasteiger partial charge in [0.25, 0.3) is 0 Å². The summed E-state index contributed by atoms with van der Waals surface area (Å²) in [4.78, 5) is 110. The Morgan fingerprint density at radius 2 is 0.790 bits per heavy atom. The maximum Gasteiger partial charge on any atom is 0.354 e. The second-order valence-corrected chi connectivity index (χ2v) is 29.1. The minimum Gasteiger partial charge on any atom is -0.464 e. The highest BCUT2D eigenvalue weighted by Crippen LogP contribution is 2.28. The number of benzene rings is 3. The van der Waals surface area contributed by atoms with Crippen LogP contribution < -0.4 is 0 Å². The maximum atomic E-state index is 11.6. The largest absolute Gasteiger partial charge is 0.464 e. The molecule has 600 valence electrons. The van der Waals surface area contributed by atoms with Gasteiger partial charge < -0.3 is 58.6 Å². The average molecular weight is 1590 g/mol. The predicted molar refractivity (Wildman–Crippen MR) is 457 cm³/mol. The Hall–Kier alpha value is -14.7. The first-order valence-electron chi connectivity index (χ1n) is 39.2. The van der Waals surface area contributed by atoms with Gasteiger partial charge in [-0.3, -0.25) is 9.67 Å². The fraction of sp³-hybridized carbons (Fsp3) is 0.215. The number of allylic oxidation sites excluding steroid dienone is 2. The van der Waals surface area contributed by atoms with E-state index in [9.17, 15) is 24.0 Å². The Kier molecular flexibility index (Phi) is 24.3. The summed E-state index contributed by atoms with van der Waals surface area (Å²) in [6, 6.07) is 42.9. The summed E-state index contributed by atoms with van der Waals surface area (Å²) >= 11 is 0. The summed E-state index contributed by atoms with van der Waals surface area (Å²) in [6.07, 6.45) is 36.5. The number of hydrogen-bond acceptors (Lipinski definition) is 18. The predicted octanol–water partition coefficient (Wildman–Crippen LogP) is 16.1. The first-order valence-corrected chi connectivity index (χ1v) is 39.2. The number of esters is 5. The van der Waals surface area contributed by atoms with E-state index in [1.807, 2.05) is 66.4 Å². The quantitative estimate of drug-likeness (QED) is 0.0259. The molecule has 26 heteroatoms. The molecule has 19 rings (SSSR count). The number of aryl methyl sites for hydroxylation is 12. The minimum atomic E-state index is -0.387. The van der Waals surface area contributed by atoms with Crippen LogP contribution in [0.4, 0.5) is 0 Å². The lowest BCUT2D eigenvalue weighted by Crippen LogP contribution is -2.04. The first-order chi connectivity index (χ1) is 58.0. The van der Waals surface area contributed by atoms with Crippen molar-refractivity contribution < 1.29 is 47.7 Å². The number of imidazole rings is 1. The number of H-pyrrole nitrogens is 7. The van der Waals surface area contributed by atoms with E-state index in [0.717, 1.165) is 155 Å². The number of aromatic nitrogens is 16. The molecule has 0 atom stereocenters. The number of aromatic amines is 7. The van der Waals surface area contributed by atoms with Crippen molar-refractivity contribution in [3.8, 4) is 0 Å². The molecule has 14 aromatic heterocycles. The molecule has 0 unspecified atom stereocenters. The summed E-state index contributed by atoms with van der Waals surface area (Å²) in [7, 11) is 6.84. The van der Waals surface area contributed by atoms with Crippen molar-refractivity contribution in [1.82, 2.24) is 79.6 Å². The van der Waals surface area contributed by atoms with Crippen LogP contribution in [0, 0.1) is 6.92 Å². The van der Waals surface area contributed by atoms with Crippen LogP contribution in [0.15, 0.2) is 195 Å². The van der Waals surface area contributed by atoms with Crippen molar-refractivity contribution in [2.75, 3.05) is 35.5 Å². The van der Waals surface area contributed by atoms with Gasteiger partial charge >= 0.3 is 29.8 Å². The van der Waals surface area contributed by atoms with Gasteiger partial charge in [0, 0.05) is 101 Å². The van der Waals surface area contributed by atoms with E-state index in [4.69, 9.17) is 23.7 Å². The van der Waals surface area contributed by atoms with Gasteiger partial charge in [0.05, 0.1) is 58.6 Å². The number of methoxy groups -OCH3 is 5. The third-order valence-corrected chi connectivity index (χ3v) is 21.2. The smallest absolute Gasteiger partial charge is 0.354 e. The number of nitrogens with zero attached hydrogens (tertiary/aromatic N) is 9. The molecule has 0 fully saturated rings. The lowest BCUT2D eigenvalue weighted by Gasteiger charge is -2.09. The normalized spacial score (nSPS) is 11.7. The Morgan fingerprint density at radius 1 is 0.378 bits per heavy atom. The minimum absolute atomic E-state index is 0.374. The van der Waals surface area contributed by atoms with Crippen LogP contribution in [0.1, 0.15) is 143 Å². The number of hydrogen-bond donors (Lipinski definition) is 7. The highest BCUT2D eigenvalue weighted by Gasteiger charge is 2.19. The second-order valence-electron chi connectivity index (χ2n) is 29.1. The molecule has 0 bridgehead atoms. The summed E-state index contributed by atoms with van der Waals surface area (Å²) in [5, 5.41) is 10.1. The van der Waals surface area contributed by atoms with Crippen LogP contribution in [-0.2, 0) is 107 Å². The summed E-state index contributed by atoms with van der Waals surface area (Å²) < 4.78 is 25.6. The van der Waals surface area contributed by atoms with E-state index in [0.29, 0.717) is 56.7 Å². The molecular formula is C93H88N16O10. The highest BCUT2D eigenvalue weighted by atomic mass is 16.5. The van der Waals surface area contributed by atoms with Crippen molar-refractivity contribution in [2.24, 2.45) is 0 Å². The molecule has 0 radical (unpaired) electrons. The molecule has 14 heterocycles. The number of carbonyl (C=O) groups excluding carboxylic acids is 5. The zero-order chi connectivity index (χ0) is 82.5. The van der Waals surface area contributed by atoms with Crippen molar-refractivity contribution in [3.63, 3.8) is 0 Å². The van der Waals surface area contributed by atoms with Gasteiger partial charge in [-0.2, -0.15) is 5.10 Å². The monoisotopic (exact) mass is 1590 g/mol. The van der Waals surface area contributed by atoms with Crippen LogP contribution in [0.3, 0.4) is 0 Å². The third-order valence-electron chi connectivity index (χ3n) is 21.2. The Labute approximate surface area is 683 Å². The topological polar surface area (TPSA) is 350 Å². The molecular weight excluding hydrogens is 1500 g/mol. The van der Waals surface area contributed by atoms with Gasteiger partial charge in [0.2, 0.25) is 0 Å². The molecule has 0 saturated heterocycles. The Bertz CT molecular complexity index is 6490. The van der Waals surface area contributed by atoms with Gasteiger partial charge in [-0.1, -0.05) is 54.6 Å². The van der Waals surface area contributed by atoms with E-state index in [1.165, 1.54) is 96.7 Å². The third kappa shape index (κ3) is 19.0. The van der Waals surface area contributed by atoms with Gasteiger partial charge in [0.15, 0.2) is 0 Å². The van der Waals surface area contributed by atoms with Crippen LogP contribution in [0.5, 0.6) is 0 Å².